The maximum Gasteiger partial charge on any atom is 0.129 e. The van der Waals surface area contributed by atoms with Crippen LogP contribution in [0.5, 0.6) is 0 Å². The Bertz CT molecular complexity index is 400. The van der Waals surface area contributed by atoms with Gasteiger partial charge in [-0.2, -0.15) is 0 Å². The average Bonchev–Trinajstić information content (AvgIpc) is 2.33. The number of halogens is 2. The minimum absolute atomic E-state index is 0.247. The lowest BCUT2D eigenvalue weighted by Crippen LogP contribution is -2.49. The largest absolute Gasteiger partial charge is 0.373 e. The molecule has 1 aromatic rings. The van der Waals surface area contributed by atoms with E-state index in [-0.39, 0.29) is 6.10 Å². The lowest BCUT2D eigenvalue weighted by atomic mass is 10.2. The zero-order valence-corrected chi connectivity index (χ0v) is 13.2. The van der Waals surface area contributed by atoms with Gasteiger partial charge in [-0.05, 0) is 41.4 Å². The molecule has 0 aromatic carbocycles. The van der Waals surface area contributed by atoms with E-state index in [4.69, 9.17) is 4.74 Å². The molecule has 1 aliphatic heterocycles. The van der Waals surface area contributed by atoms with E-state index in [1.54, 1.807) is 0 Å². The van der Waals surface area contributed by atoms with Crippen LogP contribution in [0, 0.1) is 6.92 Å². The molecule has 1 aromatic heterocycles. The van der Waals surface area contributed by atoms with Crippen molar-refractivity contribution in [1.29, 1.82) is 0 Å². The monoisotopic (exact) mass is 362 g/mol. The van der Waals surface area contributed by atoms with Crippen LogP contribution >= 0.6 is 31.9 Å². The van der Waals surface area contributed by atoms with E-state index in [9.17, 15) is 0 Å². The van der Waals surface area contributed by atoms with Crippen LogP contribution in [-0.2, 0) is 4.74 Å². The minimum Gasteiger partial charge on any atom is -0.373 e. The van der Waals surface area contributed by atoms with E-state index in [1.807, 2.05) is 6.20 Å². The first-order valence-electron chi connectivity index (χ1n) is 5.68. The van der Waals surface area contributed by atoms with Crippen molar-refractivity contribution in [3.05, 3.63) is 22.3 Å². The van der Waals surface area contributed by atoms with E-state index >= 15 is 0 Å². The number of aromatic nitrogens is 1. The van der Waals surface area contributed by atoms with Gasteiger partial charge in [0, 0.05) is 22.5 Å². The molecule has 2 heterocycles. The third-order valence-electron chi connectivity index (χ3n) is 3.00. The molecule has 5 heteroatoms. The maximum absolute atomic E-state index is 5.72. The molecule has 0 aliphatic carbocycles. The first kappa shape index (κ1) is 13.3. The SMILES string of the molecule is Cc1cc(N2CC(CBr)OCC2C)ncc1Br. The van der Waals surface area contributed by atoms with Crippen LogP contribution in [0.4, 0.5) is 5.82 Å². The molecule has 1 aliphatic rings. The second-order valence-corrected chi connectivity index (χ2v) is 5.90. The van der Waals surface area contributed by atoms with E-state index in [2.05, 4.69) is 61.7 Å². The summed E-state index contributed by atoms with van der Waals surface area (Å²) < 4.78 is 6.77. The van der Waals surface area contributed by atoms with Gasteiger partial charge in [0.05, 0.1) is 18.8 Å². The van der Waals surface area contributed by atoms with Gasteiger partial charge < -0.3 is 9.64 Å². The highest BCUT2D eigenvalue weighted by atomic mass is 79.9. The first-order valence-corrected chi connectivity index (χ1v) is 7.59. The van der Waals surface area contributed by atoms with Gasteiger partial charge in [0.1, 0.15) is 5.82 Å². The Morgan fingerprint density at radius 2 is 2.35 bits per heavy atom. The minimum atomic E-state index is 0.247. The van der Waals surface area contributed by atoms with Gasteiger partial charge in [-0.3, -0.25) is 0 Å². The van der Waals surface area contributed by atoms with E-state index < -0.39 is 0 Å². The van der Waals surface area contributed by atoms with Crippen LogP contribution in [0.15, 0.2) is 16.7 Å². The number of aryl methyl sites for hydroxylation is 1. The molecule has 0 spiro atoms. The Morgan fingerprint density at radius 1 is 1.59 bits per heavy atom. The van der Waals surface area contributed by atoms with Crippen molar-refractivity contribution in [3.63, 3.8) is 0 Å². The molecule has 1 fully saturated rings. The second kappa shape index (κ2) is 5.67. The topological polar surface area (TPSA) is 25.4 Å². The van der Waals surface area contributed by atoms with Gasteiger partial charge in [0.25, 0.3) is 0 Å². The summed E-state index contributed by atoms with van der Waals surface area (Å²) in [5.74, 6) is 1.03. The van der Waals surface area contributed by atoms with Crippen molar-refractivity contribution < 1.29 is 4.74 Å². The summed E-state index contributed by atoms with van der Waals surface area (Å²) in [4.78, 5) is 6.80. The molecule has 0 N–H and O–H groups in total. The quantitative estimate of drug-likeness (QED) is 0.755. The summed E-state index contributed by atoms with van der Waals surface area (Å²) in [6.45, 7) is 5.90. The molecule has 2 unspecified atom stereocenters. The van der Waals surface area contributed by atoms with Gasteiger partial charge in [-0.15, -0.1) is 0 Å². The Hall–Kier alpha value is -0.130. The summed E-state index contributed by atoms with van der Waals surface area (Å²) in [6, 6.07) is 2.50. The third-order valence-corrected chi connectivity index (χ3v) is 4.56. The summed E-state index contributed by atoms with van der Waals surface area (Å²) >= 11 is 6.96. The molecule has 94 valence electrons. The highest BCUT2D eigenvalue weighted by molar-refractivity contribution is 9.10. The van der Waals surface area contributed by atoms with E-state index in [1.165, 1.54) is 5.56 Å². The zero-order chi connectivity index (χ0) is 12.4. The van der Waals surface area contributed by atoms with E-state index in [0.29, 0.717) is 6.04 Å². The Kier molecular flexibility index (Phi) is 4.44. The summed E-state index contributed by atoms with van der Waals surface area (Å²) in [5.41, 5.74) is 1.21. The lowest BCUT2D eigenvalue weighted by molar-refractivity contribution is 0.0376. The Morgan fingerprint density at radius 3 is 3.00 bits per heavy atom. The van der Waals surface area contributed by atoms with Crippen LogP contribution < -0.4 is 4.90 Å². The molecule has 3 nitrogen and oxygen atoms in total. The van der Waals surface area contributed by atoms with Crippen LogP contribution in [-0.4, -0.2) is 35.6 Å². The summed E-state index contributed by atoms with van der Waals surface area (Å²) in [6.07, 6.45) is 2.12. The molecule has 2 atom stereocenters. The predicted octanol–water partition coefficient (Wildman–Crippen LogP) is 3.14. The average molecular weight is 364 g/mol. The predicted molar refractivity (Wildman–Crippen MR) is 77.0 cm³/mol. The van der Waals surface area contributed by atoms with Gasteiger partial charge in [0.2, 0.25) is 0 Å². The maximum atomic E-state index is 5.72. The van der Waals surface area contributed by atoms with Crippen molar-refractivity contribution in [2.24, 2.45) is 0 Å². The first-order chi connectivity index (χ1) is 8.11. The van der Waals surface area contributed by atoms with Gasteiger partial charge in [-0.25, -0.2) is 4.98 Å². The van der Waals surface area contributed by atoms with Crippen LogP contribution in [0.3, 0.4) is 0 Å². The van der Waals surface area contributed by atoms with Gasteiger partial charge in [0.15, 0.2) is 0 Å². The van der Waals surface area contributed by atoms with E-state index in [0.717, 1.165) is 28.8 Å². The van der Waals surface area contributed by atoms with Crippen molar-refractivity contribution in [3.8, 4) is 0 Å². The molecular formula is C12H16Br2N2O. The van der Waals surface area contributed by atoms with Crippen LogP contribution in [0.2, 0.25) is 0 Å². The zero-order valence-electron chi connectivity index (χ0n) is 9.99. The van der Waals surface area contributed by atoms with Crippen molar-refractivity contribution in [2.75, 3.05) is 23.4 Å². The molecule has 2 rings (SSSR count). The fraction of sp³-hybridized carbons (Fsp3) is 0.583. The molecule has 17 heavy (non-hydrogen) atoms. The molecule has 1 saturated heterocycles. The number of hydrogen-bond acceptors (Lipinski definition) is 3. The fourth-order valence-corrected chi connectivity index (χ4v) is 2.52. The van der Waals surface area contributed by atoms with Gasteiger partial charge in [-0.1, -0.05) is 15.9 Å². The Balaban J connectivity index is 2.21. The number of alkyl halides is 1. The number of anilines is 1. The number of hydrogen-bond donors (Lipinski definition) is 0. The number of rotatable bonds is 2. The third kappa shape index (κ3) is 3.01. The highest BCUT2D eigenvalue weighted by Crippen LogP contribution is 2.24. The number of morpholine rings is 1. The fourth-order valence-electron chi connectivity index (χ4n) is 1.91. The molecule has 0 bridgehead atoms. The lowest BCUT2D eigenvalue weighted by Gasteiger charge is -2.38. The van der Waals surface area contributed by atoms with Crippen LogP contribution in [0.25, 0.3) is 0 Å². The van der Waals surface area contributed by atoms with Gasteiger partial charge >= 0.3 is 0 Å². The number of ether oxygens (including phenoxy) is 1. The van der Waals surface area contributed by atoms with Crippen molar-refractivity contribution >= 4 is 37.7 Å². The standard InChI is InChI=1S/C12H16Br2N2O/c1-8-3-12(15-5-11(8)14)16-6-10(4-13)17-7-9(16)2/h3,5,9-10H,4,6-7H2,1-2H3. The Labute approximate surface area is 119 Å². The second-order valence-electron chi connectivity index (χ2n) is 4.40. The normalized spacial score (nSPS) is 25.1. The van der Waals surface area contributed by atoms with Crippen LogP contribution in [0.1, 0.15) is 12.5 Å². The van der Waals surface area contributed by atoms with Crippen molar-refractivity contribution in [2.45, 2.75) is 26.0 Å². The molecule has 0 radical (unpaired) electrons. The highest BCUT2D eigenvalue weighted by Gasteiger charge is 2.26. The molecule has 0 amide bonds. The number of pyridine rings is 1. The summed E-state index contributed by atoms with van der Waals surface area (Å²) in [7, 11) is 0. The van der Waals surface area contributed by atoms with Crippen molar-refractivity contribution in [1.82, 2.24) is 4.98 Å². The molecule has 0 saturated carbocycles. The number of nitrogens with zero attached hydrogens (tertiary/aromatic N) is 2. The molecular weight excluding hydrogens is 348 g/mol. The summed E-state index contributed by atoms with van der Waals surface area (Å²) in [5, 5.41) is 0.867. The smallest absolute Gasteiger partial charge is 0.129 e.